The van der Waals surface area contributed by atoms with E-state index in [2.05, 4.69) is 31.6 Å². The summed E-state index contributed by atoms with van der Waals surface area (Å²) in [7, 11) is 1.70. The molecule has 0 aliphatic carbocycles. The summed E-state index contributed by atoms with van der Waals surface area (Å²) in [5.41, 5.74) is 2.94. The number of aromatic nitrogens is 2. The van der Waals surface area contributed by atoms with E-state index in [4.69, 9.17) is 11.6 Å². The van der Waals surface area contributed by atoms with E-state index in [1.807, 2.05) is 0 Å². The maximum absolute atomic E-state index is 11.8. The Bertz CT molecular complexity index is 684. The van der Waals surface area contributed by atoms with Crippen LogP contribution in [-0.4, -0.2) is 27.0 Å². The molecule has 0 radical (unpaired) electrons. The van der Waals surface area contributed by atoms with Gasteiger partial charge in [0.2, 0.25) is 0 Å². The Kier molecular flexibility index (Phi) is 4.41. The highest BCUT2D eigenvalue weighted by Gasteiger charge is 2.13. The highest BCUT2D eigenvalue weighted by atomic mass is 79.9. The maximum atomic E-state index is 11.8. The summed E-state index contributed by atoms with van der Waals surface area (Å²) in [6, 6.07) is 4.53. The second-order valence-corrected chi connectivity index (χ2v) is 5.19. The number of amides is 1. The molecule has 8 heteroatoms. The molecule has 1 aromatic heterocycles. The fourth-order valence-corrected chi connectivity index (χ4v) is 2.19. The third-order valence-electron chi connectivity index (χ3n) is 2.36. The first-order valence-corrected chi connectivity index (χ1v) is 6.65. The minimum Gasteiger partial charge on any atom is -0.507 e. The standard InChI is InChI=1S/C12H10BrClN4O2/c1-18-6-9(13)11(17-18)12(20)16-15-5-7-4-8(14)2-3-10(7)19/h2-6,19H,1H3,(H,16,20)/b15-5-. The zero-order chi connectivity index (χ0) is 14.7. The molecule has 2 aromatic rings. The van der Waals surface area contributed by atoms with Gasteiger partial charge >= 0.3 is 0 Å². The second-order valence-electron chi connectivity index (χ2n) is 3.90. The number of rotatable bonds is 3. The van der Waals surface area contributed by atoms with E-state index >= 15 is 0 Å². The SMILES string of the molecule is Cn1cc(Br)c(C(=O)N/N=C\c2cc(Cl)ccc2O)n1. The number of halogens is 2. The van der Waals surface area contributed by atoms with Crippen molar-refractivity contribution in [2.75, 3.05) is 0 Å². The number of phenolic OH excluding ortho intramolecular Hbond substituents is 1. The van der Waals surface area contributed by atoms with Crippen LogP contribution in [0.25, 0.3) is 0 Å². The van der Waals surface area contributed by atoms with Gasteiger partial charge < -0.3 is 5.11 Å². The van der Waals surface area contributed by atoms with Crippen LogP contribution < -0.4 is 5.43 Å². The molecule has 0 atom stereocenters. The lowest BCUT2D eigenvalue weighted by Gasteiger charge is -1.99. The van der Waals surface area contributed by atoms with Gasteiger partial charge in [-0.15, -0.1) is 0 Å². The van der Waals surface area contributed by atoms with Gasteiger partial charge in [-0.25, -0.2) is 5.43 Å². The lowest BCUT2D eigenvalue weighted by atomic mass is 10.2. The van der Waals surface area contributed by atoms with Gasteiger partial charge in [0.1, 0.15) is 5.75 Å². The van der Waals surface area contributed by atoms with Gasteiger partial charge in [-0.2, -0.15) is 10.2 Å². The molecule has 2 N–H and O–H groups in total. The largest absolute Gasteiger partial charge is 0.507 e. The maximum Gasteiger partial charge on any atom is 0.293 e. The number of nitrogens with one attached hydrogen (secondary N) is 1. The highest BCUT2D eigenvalue weighted by molar-refractivity contribution is 9.10. The van der Waals surface area contributed by atoms with E-state index in [-0.39, 0.29) is 11.4 Å². The third kappa shape index (κ3) is 3.37. The molecular formula is C12H10BrClN4O2. The average molecular weight is 358 g/mol. The molecule has 104 valence electrons. The van der Waals surface area contributed by atoms with Crippen LogP contribution in [-0.2, 0) is 7.05 Å². The van der Waals surface area contributed by atoms with Crippen molar-refractivity contribution in [2.45, 2.75) is 0 Å². The minimum absolute atomic E-state index is 0.0198. The molecule has 0 bridgehead atoms. The number of aryl methyl sites for hydroxylation is 1. The second kappa shape index (κ2) is 6.06. The summed E-state index contributed by atoms with van der Waals surface area (Å²) in [6.45, 7) is 0. The summed E-state index contributed by atoms with van der Waals surface area (Å²) in [6.07, 6.45) is 2.96. The fourth-order valence-electron chi connectivity index (χ4n) is 1.46. The molecule has 0 saturated carbocycles. The quantitative estimate of drug-likeness (QED) is 0.653. The summed E-state index contributed by atoms with van der Waals surface area (Å²) >= 11 is 9.02. The Morgan fingerprint density at radius 3 is 3.00 bits per heavy atom. The van der Waals surface area contributed by atoms with Gasteiger partial charge in [0.05, 0.1) is 10.7 Å². The average Bonchev–Trinajstić information content (AvgIpc) is 2.72. The highest BCUT2D eigenvalue weighted by Crippen LogP contribution is 2.19. The molecule has 1 amide bonds. The van der Waals surface area contributed by atoms with E-state index in [1.54, 1.807) is 19.3 Å². The zero-order valence-electron chi connectivity index (χ0n) is 10.3. The molecule has 2 rings (SSSR count). The summed E-state index contributed by atoms with van der Waals surface area (Å²) in [5.74, 6) is -0.443. The van der Waals surface area contributed by atoms with Crippen LogP contribution in [0.2, 0.25) is 5.02 Å². The van der Waals surface area contributed by atoms with Crippen LogP contribution >= 0.6 is 27.5 Å². The van der Waals surface area contributed by atoms with Crippen molar-refractivity contribution < 1.29 is 9.90 Å². The van der Waals surface area contributed by atoms with Crippen molar-refractivity contribution in [2.24, 2.45) is 12.1 Å². The van der Waals surface area contributed by atoms with E-state index in [0.29, 0.717) is 15.1 Å². The molecule has 1 heterocycles. The van der Waals surface area contributed by atoms with Crippen LogP contribution in [0.5, 0.6) is 5.75 Å². The number of hydrogen-bond acceptors (Lipinski definition) is 4. The van der Waals surface area contributed by atoms with Crippen molar-refractivity contribution >= 4 is 39.7 Å². The molecule has 0 unspecified atom stereocenters. The topological polar surface area (TPSA) is 79.5 Å². The van der Waals surface area contributed by atoms with Gasteiger partial charge in [-0.3, -0.25) is 9.48 Å². The van der Waals surface area contributed by atoms with Crippen molar-refractivity contribution in [1.82, 2.24) is 15.2 Å². The molecule has 0 aliphatic heterocycles. The molecular weight excluding hydrogens is 348 g/mol. The lowest BCUT2D eigenvalue weighted by Crippen LogP contribution is -2.19. The predicted octanol–water partition coefficient (Wildman–Crippen LogP) is 2.31. The van der Waals surface area contributed by atoms with E-state index in [0.717, 1.165) is 0 Å². The van der Waals surface area contributed by atoms with Crippen molar-refractivity contribution in [3.63, 3.8) is 0 Å². The number of hydrazone groups is 1. The minimum atomic E-state index is -0.463. The molecule has 0 fully saturated rings. The number of nitrogens with zero attached hydrogens (tertiary/aromatic N) is 3. The van der Waals surface area contributed by atoms with E-state index < -0.39 is 5.91 Å². The van der Waals surface area contributed by atoms with Crippen molar-refractivity contribution in [3.8, 4) is 5.75 Å². The number of carbonyl (C=O) groups is 1. The number of aromatic hydroxyl groups is 1. The van der Waals surface area contributed by atoms with Crippen LogP contribution in [0.4, 0.5) is 0 Å². The number of phenols is 1. The number of hydrogen-bond donors (Lipinski definition) is 2. The van der Waals surface area contributed by atoms with Gasteiger partial charge in [-0.1, -0.05) is 11.6 Å². The molecule has 1 aromatic carbocycles. The number of carbonyl (C=O) groups excluding carboxylic acids is 1. The summed E-state index contributed by atoms with van der Waals surface area (Å²) in [4.78, 5) is 11.8. The van der Waals surface area contributed by atoms with E-state index in [1.165, 1.54) is 23.0 Å². The first-order chi connectivity index (χ1) is 9.47. The molecule has 0 aliphatic rings. The Balaban J connectivity index is 2.08. The van der Waals surface area contributed by atoms with Gasteiger partial charge in [-0.05, 0) is 34.1 Å². The Labute approximate surface area is 128 Å². The lowest BCUT2D eigenvalue weighted by molar-refractivity contribution is 0.0948. The normalized spacial score (nSPS) is 10.9. The van der Waals surface area contributed by atoms with Crippen molar-refractivity contribution in [1.29, 1.82) is 0 Å². The third-order valence-corrected chi connectivity index (χ3v) is 3.17. The van der Waals surface area contributed by atoms with Crippen LogP contribution in [0.3, 0.4) is 0 Å². The van der Waals surface area contributed by atoms with Crippen molar-refractivity contribution in [3.05, 3.63) is 45.1 Å². The van der Waals surface area contributed by atoms with Gasteiger partial charge in [0.15, 0.2) is 5.69 Å². The predicted molar refractivity (Wildman–Crippen MR) is 79.1 cm³/mol. The van der Waals surface area contributed by atoms with Crippen LogP contribution in [0.1, 0.15) is 16.1 Å². The first kappa shape index (κ1) is 14.5. The van der Waals surface area contributed by atoms with Gasteiger partial charge in [0.25, 0.3) is 5.91 Å². The van der Waals surface area contributed by atoms with Crippen LogP contribution in [0, 0.1) is 0 Å². The Morgan fingerprint density at radius 1 is 1.60 bits per heavy atom. The van der Waals surface area contributed by atoms with E-state index in [9.17, 15) is 9.90 Å². The molecule has 0 saturated heterocycles. The molecule has 20 heavy (non-hydrogen) atoms. The molecule has 0 spiro atoms. The summed E-state index contributed by atoms with van der Waals surface area (Å²) < 4.78 is 2.07. The monoisotopic (exact) mass is 356 g/mol. The first-order valence-electron chi connectivity index (χ1n) is 5.48. The van der Waals surface area contributed by atoms with Crippen LogP contribution in [0.15, 0.2) is 34.0 Å². The Hall–Kier alpha value is -1.86. The Morgan fingerprint density at radius 2 is 2.35 bits per heavy atom. The number of benzene rings is 1. The smallest absolute Gasteiger partial charge is 0.293 e. The van der Waals surface area contributed by atoms with Gasteiger partial charge in [0, 0.05) is 23.8 Å². The summed E-state index contributed by atoms with van der Waals surface area (Å²) in [5, 5.41) is 17.8. The fraction of sp³-hybridized carbons (Fsp3) is 0.0833. The zero-order valence-corrected chi connectivity index (χ0v) is 12.7. The molecule has 6 nitrogen and oxygen atoms in total.